The molecule has 0 aliphatic rings. The van der Waals surface area contributed by atoms with E-state index in [2.05, 4.69) is 16.2 Å². The number of aromatic nitrogens is 2. The zero-order valence-corrected chi connectivity index (χ0v) is 17.8. The van der Waals surface area contributed by atoms with E-state index in [-0.39, 0.29) is 23.8 Å². The van der Waals surface area contributed by atoms with Crippen LogP contribution >= 0.6 is 11.8 Å². The van der Waals surface area contributed by atoms with Crippen LogP contribution in [0.2, 0.25) is 0 Å². The molecule has 0 spiro atoms. The maximum absolute atomic E-state index is 13.3. The summed E-state index contributed by atoms with van der Waals surface area (Å²) in [7, 11) is 0. The van der Waals surface area contributed by atoms with Crippen molar-refractivity contribution < 1.29 is 9.53 Å². The van der Waals surface area contributed by atoms with Crippen molar-refractivity contribution in [2.75, 3.05) is 12.3 Å². The number of terminal acetylenes is 1. The van der Waals surface area contributed by atoms with Crippen molar-refractivity contribution in [2.24, 2.45) is 0 Å². The molecule has 0 aliphatic carbocycles. The van der Waals surface area contributed by atoms with E-state index in [1.807, 2.05) is 36.4 Å². The second kappa shape index (κ2) is 9.86. The molecule has 0 fully saturated rings. The summed E-state index contributed by atoms with van der Waals surface area (Å²) in [4.78, 5) is 30.0. The van der Waals surface area contributed by atoms with Gasteiger partial charge in [-0.3, -0.25) is 14.2 Å². The Hall–Kier alpha value is -4.02. The number of ether oxygens (including phenoxy) is 1. The summed E-state index contributed by atoms with van der Waals surface area (Å²) in [5, 5.41) is 3.53. The minimum atomic E-state index is -0.228. The molecule has 4 rings (SSSR count). The van der Waals surface area contributed by atoms with Gasteiger partial charge in [0.25, 0.3) is 5.56 Å². The number of rotatable bonds is 7. The summed E-state index contributed by atoms with van der Waals surface area (Å²) in [6.45, 7) is 0.153. The predicted molar refractivity (Wildman–Crippen MR) is 126 cm³/mol. The molecule has 0 atom stereocenters. The average Bonchev–Trinajstić information content (AvgIpc) is 2.83. The molecule has 0 saturated heterocycles. The van der Waals surface area contributed by atoms with Gasteiger partial charge < -0.3 is 10.1 Å². The van der Waals surface area contributed by atoms with Crippen LogP contribution < -0.4 is 15.6 Å². The maximum Gasteiger partial charge on any atom is 0.266 e. The lowest BCUT2D eigenvalue weighted by molar-refractivity contribution is -0.118. The minimum Gasteiger partial charge on any atom is -0.457 e. The van der Waals surface area contributed by atoms with Gasteiger partial charge in [-0.1, -0.05) is 48.0 Å². The van der Waals surface area contributed by atoms with E-state index in [4.69, 9.17) is 11.2 Å². The molecule has 6 nitrogen and oxygen atoms in total. The SMILES string of the molecule is C#CCNC(=O)CSc1nc2ccccc2c(=O)n1-c1ccc(Oc2ccccc2)cc1. The average molecular weight is 442 g/mol. The fraction of sp³-hybridized carbons (Fsp3) is 0.0800. The number of carbonyl (C=O) groups is 1. The van der Waals surface area contributed by atoms with Gasteiger partial charge in [0.1, 0.15) is 11.5 Å². The number of benzene rings is 3. The van der Waals surface area contributed by atoms with Crippen LogP contribution in [0.3, 0.4) is 0 Å². The molecule has 7 heteroatoms. The first kappa shape index (κ1) is 21.2. The van der Waals surface area contributed by atoms with E-state index in [9.17, 15) is 9.59 Å². The number of hydrogen-bond acceptors (Lipinski definition) is 5. The fourth-order valence-corrected chi connectivity index (χ4v) is 3.90. The molecule has 3 aromatic carbocycles. The number of nitrogens with one attached hydrogen (secondary N) is 1. The number of nitrogens with zero attached hydrogens (tertiary/aromatic N) is 2. The number of amides is 1. The van der Waals surface area contributed by atoms with E-state index >= 15 is 0 Å². The first-order valence-electron chi connectivity index (χ1n) is 9.84. The summed E-state index contributed by atoms with van der Waals surface area (Å²) in [5.41, 5.74) is 0.989. The molecule has 1 aromatic heterocycles. The molecule has 0 unspecified atom stereocenters. The van der Waals surface area contributed by atoms with E-state index in [1.165, 1.54) is 16.3 Å². The Kier molecular flexibility index (Phi) is 6.54. The predicted octanol–water partition coefficient (Wildman–Crippen LogP) is 4.02. The van der Waals surface area contributed by atoms with Crippen molar-refractivity contribution in [1.29, 1.82) is 0 Å². The third-order valence-electron chi connectivity index (χ3n) is 4.54. The standard InChI is InChI=1S/C25H19N3O3S/c1-2-16-26-23(29)17-32-25-27-22-11-7-6-10-21(22)24(30)28(25)18-12-14-20(15-13-18)31-19-8-4-3-5-9-19/h1,3-15H,16-17H2,(H,26,29). The van der Waals surface area contributed by atoms with Gasteiger partial charge >= 0.3 is 0 Å². The Labute approximate surface area is 189 Å². The molecular weight excluding hydrogens is 422 g/mol. The van der Waals surface area contributed by atoms with Crippen LogP contribution in [0.1, 0.15) is 0 Å². The number of thioether (sulfide) groups is 1. The Morgan fingerprint density at radius 3 is 2.44 bits per heavy atom. The summed E-state index contributed by atoms with van der Waals surface area (Å²) < 4.78 is 7.35. The number of fused-ring (bicyclic) bond motifs is 1. The Morgan fingerprint density at radius 2 is 1.69 bits per heavy atom. The van der Waals surface area contributed by atoms with Crippen molar-refractivity contribution in [3.63, 3.8) is 0 Å². The summed E-state index contributed by atoms with van der Waals surface area (Å²) in [6, 6.07) is 23.7. The summed E-state index contributed by atoms with van der Waals surface area (Å²) in [5.74, 6) is 3.59. The van der Waals surface area contributed by atoms with Crippen molar-refractivity contribution in [3.05, 3.63) is 89.2 Å². The Balaban J connectivity index is 1.68. The lowest BCUT2D eigenvalue weighted by Crippen LogP contribution is -2.26. The second-order valence-electron chi connectivity index (χ2n) is 6.73. The molecular formula is C25H19N3O3S. The molecule has 0 radical (unpaired) electrons. The molecule has 1 N–H and O–H groups in total. The molecule has 158 valence electrons. The van der Waals surface area contributed by atoms with Crippen molar-refractivity contribution >= 4 is 28.6 Å². The van der Waals surface area contributed by atoms with Gasteiger partial charge in [0, 0.05) is 0 Å². The lowest BCUT2D eigenvalue weighted by atomic mass is 10.2. The summed E-state index contributed by atoms with van der Waals surface area (Å²) in [6.07, 6.45) is 5.19. The molecule has 32 heavy (non-hydrogen) atoms. The van der Waals surface area contributed by atoms with Crippen molar-refractivity contribution in [1.82, 2.24) is 14.9 Å². The van der Waals surface area contributed by atoms with E-state index in [0.29, 0.717) is 27.5 Å². The normalized spacial score (nSPS) is 10.5. The van der Waals surface area contributed by atoms with Crippen molar-refractivity contribution in [2.45, 2.75) is 5.16 Å². The number of carbonyl (C=O) groups excluding carboxylic acids is 1. The van der Waals surface area contributed by atoms with Gasteiger partial charge in [-0.15, -0.1) is 6.42 Å². The largest absolute Gasteiger partial charge is 0.457 e. The third-order valence-corrected chi connectivity index (χ3v) is 5.48. The maximum atomic E-state index is 13.3. The highest BCUT2D eigenvalue weighted by Gasteiger charge is 2.15. The van der Waals surface area contributed by atoms with Crippen LogP contribution in [0.25, 0.3) is 16.6 Å². The quantitative estimate of drug-likeness (QED) is 0.266. The highest BCUT2D eigenvalue weighted by Crippen LogP contribution is 2.25. The smallest absolute Gasteiger partial charge is 0.266 e. The van der Waals surface area contributed by atoms with Gasteiger partial charge in [0.15, 0.2) is 5.16 Å². The molecule has 4 aromatic rings. The Bertz CT molecular complexity index is 1340. The molecule has 1 amide bonds. The van der Waals surface area contributed by atoms with Gasteiger partial charge in [-0.25, -0.2) is 4.98 Å². The second-order valence-corrected chi connectivity index (χ2v) is 7.67. The van der Waals surface area contributed by atoms with Gasteiger partial charge in [-0.05, 0) is 48.5 Å². The van der Waals surface area contributed by atoms with E-state index in [1.54, 1.807) is 42.5 Å². The number of para-hydroxylation sites is 2. The van der Waals surface area contributed by atoms with Crippen LogP contribution in [0.5, 0.6) is 11.5 Å². The van der Waals surface area contributed by atoms with Crippen LogP contribution in [-0.4, -0.2) is 27.8 Å². The van der Waals surface area contributed by atoms with Crippen LogP contribution in [0, 0.1) is 12.3 Å². The summed E-state index contributed by atoms with van der Waals surface area (Å²) >= 11 is 1.18. The molecule has 0 aliphatic heterocycles. The third kappa shape index (κ3) is 4.82. The zero-order chi connectivity index (χ0) is 22.3. The van der Waals surface area contributed by atoms with E-state index in [0.717, 1.165) is 5.75 Å². The first-order valence-corrected chi connectivity index (χ1v) is 10.8. The molecule has 1 heterocycles. The van der Waals surface area contributed by atoms with Crippen LogP contribution in [-0.2, 0) is 4.79 Å². The van der Waals surface area contributed by atoms with Crippen LogP contribution in [0.4, 0.5) is 0 Å². The van der Waals surface area contributed by atoms with Crippen LogP contribution in [0.15, 0.2) is 88.8 Å². The minimum absolute atomic E-state index is 0.0850. The van der Waals surface area contributed by atoms with Gasteiger partial charge in [0.05, 0.1) is 28.9 Å². The topological polar surface area (TPSA) is 73.2 Å². The van der Waals surface area contributed by atoms with Gasteiger partial charge in [-0.2, -0.15) is 0 Å². The molecule has 0 saturated carbocycles. The highest BCUT2D eigenvalue weighted by molar-refractivity contribution is 7.99. The van der Waals surface area contributed by atoms with Gasteiger partial charge in [0.2, 0.25) is 5.91 Å². The first-order chi connectivity index (χ1) is 15.7. The highest BCUT2D eigenvalue weighted by atomic mass is 32.2. The van der Waals surface area contributed by atoms with Crippen molar-refractivity contribution in [3.8, 4) is 29.5 Å². The fourth-order valence-electron chi connectivity index (χ4n) is 3.06. The lowest BCUT2D eigenvalue weighted by Gasteiger charge is -2.14. The zero-order valence-electron chi connectivity index (χ0n) is 17.0. The number of hydrogen-bond donors (Lipinski definition) is 1. The molecule has 0 bridgehead atoms. The Morgan fingerprint density at radius 1 is 1.00 bits per heavy atom. The monoisotopic (exact) mass is 441 g/mol. The van der Waals surface area contributed by atoms with E-state index < -0.39 is 0 Å².